The van der Waals surface area contributed by atoms with Gasteiger partial charge in [0.05, 0.1) is 7.11 Å². The molecule has 1 saturated carbocycles. The van der Waals surface area contributed by atoms with Crippen LogP contribution in [-0.4, -0.2) is 37.6 Å². The number of hydrogen-bond donors (Lipinski definition) is 0. The van der Waals surface area contributed by atoms with Crippen LogP contribution in [0.1, 0.15) is 25.7 Å². The minimum absolute atomic E-state index is 0.0787. The van der Waals surface area contributed by atoms with Crippen LogP contribution in [0.3, 0.4) is 0 Å². The van der Waals surface area contributed by atoms with Gasteiger partial charge >= 0.3 is 5.97 Å². The van der Waals surface area contributed by atoms with Crippen molar-refractivity contribution >= 4 is 5.97 Å². The molecule has 0 bridgehead atoms. The van der Waals surface area contributed by atoms with Crippen molar-refractivity contribution in [3.05, 3.63) is 0 Å². The van der Waals surface area contributed by atoms with E-state index >= 15 is 0 Å². The number of nitrogens with zero attached hydrogens (tertiary/aromatic N) is 1. The summed E-state index contributed by atoms with van der Waals surface area (Å²) in [4.78, 5) is 13.5. The summed E-state index contributed by atoms with van der Waals surface area (Å²) in [6, 6.07) is 0. The lowest BCUT2D eigenvalue weighted by Gasteiger charge is -2.32. The van der Waals surface area contributed by atoms with E-state index in [2.05, 4.69) is 0 Å². The summed E-state index contributed by atoms with van der Waals surface area (Å²) in [6.45, 7) is 0. The Bertz CT molecular complexity index is 171. The first-order valence-electron chi connectivity index (χ1n) is 4.39. The third-order valence-corrected chi connectivity index (χ3v) is 2.85. The van der Waals surface area contributed by atoms with Crippen molar-refractivity contribution in [3.8, 4) is 0 Å². The van der Waals surface area contributed by atoms with E-state index in [-0.39, 0.29) is 11.5 Å². The van der Waals surface area contributed by atoms with Crippen molar-refractivity contribution in [2.75, 3.05) is 21.2 Å². The maximum atomic E-state index is 11.5. The van der Waals surface area contributed by atoms with Crippen LogP contribution < -0.4 is 0 Å². The fraction of sp³-hybridized carbons (Fsp3) is 0.889. The maximum absolute atomic E-state index is 11.5. The Kier molecular flexibility index (Phi) is 2.73. The van der Waals surface area contributed by atoms with Crippen LogP contribution in [0.25, 0.3) is 0 Å². The van der Waals surface area contributed by atoms with E-state index in [1.54, 1.807) is 0 Å². The second-order valence-corrected chi connectivity index (χ2v) is 3.62. The largest absolute Gasteiger partial charge is 0.468 e. The molecule has 0 N–H and O–H groups in total. The second-order valence-electron chi connectivity index (χ2n) is 3.62. The number of ether oxygens (including phenoxy) is 1. The van der Waals surface area contributed by atoms with E-state index in [4.69, 9.17) is 4.74 Å². The molecule has 0 aromatic carbocycles. The van der Waals surface area contributed by atoms with Crippen molar-refractivity contribution in [1.82, 2.24) is 4.90 Å². The number of hydrogen-bond acceptors (Lipinski definition) is 3. The van der Waals surface area contributed by atoms with Crippen molar-refractivity contribution in [2.45, 2.75) is 31.2 Å². The molecule has 1 aliphatic rings. The van der Waals surface area contributed by atoms with E-state index in [1.807, 2.05) is 19.0 Å². The number of carbonyl (C=O) groups is 1. The average molecular weight is 171 g/mol. The summed E-state index contributed by atoms with van der Waals surface area (Å²) in [7, 11) is 5.36. The first-order chi connectivity index (χ1) is 5.63. The van der Waals surface area contributed by atoms with Gasteiger partial charge in [-0.1, -0.05) is 12.8 Å². The van der Waals surface area contributed by atoms with Crippen molar-refractivity contribution in [1.29, 1.82) is 0 Å². The lowest BCUT2D eigenvalue weighted by Crippen LogP contribution is -2.49. The highest BCUT2D eigenvalue weighted by Gasteiger charge is 2.44. The van der Waals surface area contributed by atoms with Crippen LogP contribution >= 0.6 is 0 Å². The third-order valence-electron chi connectivity index (χ3n) is 2.85. The van der Waals surface area contributed by atoms with Crippen LogP contribution in [-0.2, 0) is 9.53 Å². The monoisotopic (exact) mass is 171 g/mol. The minimum Gasteiger partial charge on any atom is -0.468 e. The zero-order valence-electron chi connectivity index (χ0n) is 8.09. The Labute approximate surface area is 73.7 Å². The fourth-order valence-corrected chi connectivity index (χ4v) is 1.98. The second kappa shape index (κ2) is 3.44. The highest BCUT2D eigenvalue weighted by Crippen LogP contribution is 2.34. The van der Waals surface area contributed by atoms with Crippen LogP contribution in [0, 0.1) is 0 Å². The van der Waals surface area contributed by atoms with E-state index < -0.39 is 0 Å². The van der Waals surface area contributed by atoms with Gasteiger partial charge in [0.25, 0.3) is 0 Å². The lowest BCUT2D eigenvalue weighted by molar-refractivity contribution is -0.153. The van der Waals surface area contributed by atoms with E-state index in [0.717, 1.165) is 25.7 Å². The molecule has 70 valence electrons. The normalized spacial score (nSPS) is 21.3. The highest BCUT2D eigenvalue weighted by molar-refractivity contribution is 5.81. The molecular formula is C9H17NO2. The maximum Gasteiger partial charge on any atom is 0.326 e. The summed E-state index contributed by atoms with van der Waals surface area (Å²) in [5.41, 5.74) is -0.325. The van der Waals surface area contributed by atoms with Gasteiger partial charge in [-0.2, -0.15) is 0 Å². The van der Waals surface area contributed by atoms with Crippen LogP contribution in [0.4, 0.5) is 0 Å². The van der Waals surface area contributed by atoms with Gasteiger partial charge in [0.15, 0.2) is 0 Å². The average Bonchev–Trinajstić information content (AvgIpc) is 2.52. The Morgan fingerprint density at radius 2 is 1.83 bits per heavy atom. The predicted molar refractivity (Wildman–Crippen MR) is 46.9 cm³/mol. The molecule has 0 aromatic rings. The molecule has 0 aromatic heterocycles. The molecule has 3 nitrogen and oxygen atoms in total. The van der Waals surface area contributed by atoms with Gasteiger partial charge in [0.1, 0.15) is 5.54 Å². The van der Waals surface area contributed by atoms with E-state index in [0.29, 0.717) is 0 Å². The molecule has 1 aliphatic carbocycles. The number of carbonyl (C=O) groups excluding carboxylic acids is 1. The molecule has 1 fully saturated rings. The van der Waals surface area contributed by atoms with Gasteiger partial charge < -0.3 is 4.74 Å². The zero-order valence-corrected chi connectivity index (χ0v) is 8.09. The molecule has 0 spiro atoms. The van der Waals surface area contributed by atoms with Crippen molar-refractivity contribution in [2.24, 2.45) is 0 Å². The molecular weight excluding hydrogens is 154 g/mol. The molecule has 0 amide bonds. The summed E-state index contributed by atoms with van der Waals surface area (Å²) >= 11 is 0. The number of likely N-dealkylation sites (N-methyl/N-ethyl adjacent to an activating group) is 1. The van der Waals surface area contributed by atoms with Gasteiger partial charge in [-0.25, -0.2) is 0 Å². The Balaban J connectivity index is 2.78. The topological polar surface area (TPSA) is 29.5 Å². The third kappa shape index (κ3) is 1.33. The van der Waals surface area contributed by atoms with Crippen LogP contribution in [0.2, 0.25) is 0 Å². The number of methoxy groups -OCH3 is 1. The Hall–Kier alpha value is -0.570. The zero-order chi connectivity index (χ0) is 9.19. The molecule has 0 aliphatic heterocycles. The quantitative estimate of drug-likeness (QED) is 0.581. The number of rotatable bonds is 2. The van der Waals surface area contributed by atoms with E-state index in [9.17, 15) is 4.79 Å². The van der Waals surface area contributed by atoms with Crippen molar-refractivity contribution in [3.63, 3.8) is 0 Å². The molecule has 1 rings (SSSR count). The Morgan fingerprint density at radius 1 is 1.33 bits per heavy atom. The van der Waals surface area contributed by atoms with E-state index in [1.165, 1.54) is 7.11 Å². The molecule has 0 heterocycles. The molecule has 0 atom stereocenters. The first kappa shape index (κ1) is 9.52. The Morgan fingerprint density at radius 3 is 2.17 bits per heavy atom. The molecule has 0 unspecified atom stereocenters. The highest BCUT2D eigenvalue weighted by atomic mass is 16.5. The van der Waals surface area contributed by atoms with Gasteiger partial charge in [-0.15, -0.1) is 0 Å². The number of esters is 1. The summed E-state index contributed by atoms with van der Waals surface area (Å²) in [5.74, 6) is -0.0787. The first-order valence-corrected chi connectivity index (χ1v) is 4.39. The van der Waals surface area contributed by atoms with Gasteiger partial charge in [-0.3, -0.25) is 9.69 Å². The SMILES string of the molecule is COC(=O)C1(N(C)C)CCCC1. The smallest absolute Gasteiger partial charge is 0.326 e. The van der Waals surface area contributed by atoms with Crippen LogP contribution in [0.5, 0.6) is 0 Å². The summed E-state index contributed by atoms with van der Waals surface area (Å²) in [5, 5.41) is 0. The lowest BCUT2D eigenvalue weighted by atomic mass is 9.96. The van der Waals surface area contributed by atoms with Gasteiger partial charge in [0.2, 0.25) is 0 Å². The predicted octanol–water partition coefficient (Wildman–Crippen LogP) is 1.03. The molecule has 0 radical (unpaired) electrons. The van der Waals surface area contributed by atoms with Crippen molar-refractivity contribution < 1.29 is 9.53 Å². The van der Waals surface area contributed by atoms with Gasteiger partial charge in [-0.05, 0) is 26.9 Å². The van der Waals surface area contributed by atoms with Crippen LogP contribution in [0.15, 0.2) is 0 Å². The minimum atomic E-state index is -0.325. The standard InChI is InChI=1S/C9H17NO2/c1-10(2)9(8(11)12-3)6-4-5-7-9/h4-7H2,1-3H3. The summed E-state index contributed by atoms with van der Waals surface area (Å²) in [6.07, 6.45) is 4.14. The summed E-state index contributed by atoms with van der Waals surface area (Å²) < 4.78 is 4.82. The van der Waals surface area contributed by atoms with Gasteiger partial charge in [0, 0.05) is 0 Å². The molecule has 3 heteroatoms. The molecule has 0 saturated heterocycles. The molecule has 12 heavy (non-hydrogen) atoms. The fourth-order valence-electron chi connectivity index (χ4n) is 1.98.